The highest BCUT2D eigenvalue weighted by Gasteiger charge is 2.30. The molecule has 2 unspecified atom stereocenters. The Labute approximate surface area is 296 Å². The van der Waals surface area contributed by atoms with Crippen molar-refractivity contribution in [2.75, 3.05) is 32.8 Å². The second-order valence-corrected chi connectivity index (χ2v) is 13.4. The molecule has 0 radical (unpaired) electrons. The minimum absolute atomic E-state index is 0.142. The number of hydrogen-bond acceptors (Lipinski definition) is 7. The molecule has 0 bridgehead atoms. The van der Waals surface area contributed by atoms with Gasteiger partial charge in [0, 0.05) is 25.2 Å². The number of hydrogen-bond donors (Lipinski definition) is 2. The van der Waals surface area contributed by atoms with Gasteiger partial charge in [0.1, 0.15) is 11.9 Å². The van der Waals surface area contributed by atoms with Crippen molar-refractivity contribution in [3.8, 4) is 5.75 Å². The first-order valence-electron chi connectivity index (χ1n) is 16.4. The largest absolute Gasteiger partial charge is 0.492 e. The second-order valence-electron chi connectivity index (χ2n) is 13.0. The van der Waals surface area contributed by atoms with Crippen LogP contribution < -0.4 is 15.8 Å². The van der Waals surface area contributed by atoms with Crippen LogP contribution in [0.15, 0.2) is 57.4 Å². The summed E-state index contributed by atoms with van der Waals surface area (Å²) >= 11 is 6.37. The van der Waals surface area contributed by atoms with Crippen molar-refractivity contribution in [2.45, 2.75) is 71.7 Å². The molecule has 3 N–H and O–H groups in total. The van der Waals surface area contributed by atoms with Gasteiger partial charge in [-0.1, -0.05) is 44.9 Å². The molecule has 15 heteroatoms. The summed E-state index contributed by atoms with van der Waals surface area (Å²) in [5.74, 6) is 0.637. The zero-order chi connectivity index (χ0) is 36.7. The number of halogens is 4. The molecule has 2 aromatic rings. The molecule has 1 aliphatic rings. The Morgan fingerprint density at radius 2 is 1.90 bits per heavy atom. The van der Waals surface area contributed by atoms with Crippen molar-refractivity contribution < 1.29 is 37.0 Å². The Morgan fingerprint density at radius 3 is 2.54 bits per heavy atom. The number of benzene rings is 2. The van der Waals surface area contributed by atoms with Crippen molar-refractivity contribution in [3.05, 3.63) is 58.6 Å². The van der Waals surface area contributed by atoms with Gasteiger partial charge in [0.2, 0.25) is 0 Å². The van der Waals surface area contributed by atoms with E-state index in [0.29, 0.717) is 54.9 Å². The van der Waals surface area contributed by atoms with Gasteiger partial charge in [-0.15, -0.1) is 0 Å². The highest BCUT2D eigenvalue weighted by molar-refractivity contribution is 6.32. The number of carbonyl (C=O) groups excluding carboxylic acids is 2. The molecule has 1 aliphatic carbocycles. The third-order valence-electron chi connectivity index (χ3n) is 7.79. The fraction of sp³-hybridized carbons (Fsp3) is 0.514. The quantitative estimate of drug-likeness (QED) is 0.112. The molecule has 274 valence electrons. The van der Waals surface area contributed by atoms with Crippen LogP contribution in [0.5, 0.6) is 5.75 Å². The van der Waals surface area contributed by atoms with Crippen LogP contribution in [0.25, 0.3) is 0 Å². The van der Waals surface area contributed by atoms with Crippen molar-refractivity contribution in [2.24, 2.45) is 32.0 Å². The molecular weight excluding hydrogens is 677 g/mol. The molecule has 0 heterocycles. The predicted molar refractivity (Wildman–Crippen MR) is 189 cm³/mol. The monoisotopic (exact) mass is 722 g/mol. The van der Waals surface area contributed by atoms with Gasteiger partial charge in [0.15, 0.2) is 6.61 Å². The van der Waals surface area contributed by atoms with E-state index >= 15 is 0 Å². The molecule has 2 aromatic carbocycles. The fourth-order valence-electron chi connectivity index (χ4n) is 5.36. The second kappa shape index (κ2) is 19.2. The Morgan fingerprint density at radius 1 is 1.16 bits per heavy atom. The lowest BCUT2D eigenvalue weighted by Gasteiger charge is -2.34. The van der Waals surface area contributed by atoms with Gasteiger partial charge < -0.3 is 30.2 Å². The van der Waals surface area contributed by atoms with Crippen LogP contribution in [0, 0.1) is 11.3 Å². The van der Waals surface area contributed by atoms with Crippen LogP contribution in [0.1, 0.15) is 68.8 Å². The topological polar surface area (TPSA) is 140 Å². The molecular formula is C35H46ClF3N6O5. The molecule has 0 saturated heterocycles. The number of carbonyl (C=O) groups is 2. The lowest BCUT2D eigenvalue weighted by molar-refractivity contribution is -0.156. The van der Waals surface area contributed by atoms with E-state index in [-0.39, 0.29) is 24.2 Å². The van der Waals surface area contributed by atoms with Gasteiger partial charge in [-0.05, 0) is 85.7 Å². The highest BCUT2D eigenvalue weighted by atomic mass is 35.5. The summed E-state index contributed by atoms with van der Waals surface area (Å²) in [5, 5.41) is 3.37. The lowest BCUT2D eigenvalue weighted by Crippen LogP contribution is -2.46. The van der Waals surface area contributed by atoms with Gasteiger partial charge in [0.25, 0.3) is 5.91 Å². The number of amides is 2. The Bertz CT molecular complexity index is 1490. The summed E-state index contributed by atoms with van der Waals surface area (Å²) in [6, 6.07) is 10.7. The van der Waals surface area contributed by atoms with E-state index in [9.17, 15) is 22.8 Å². The standard InChI is InChI=1S/C35H46ClF3N6O5/c1-24-7-5-8-28(17-24)50-33(47)45(15-6-16-48-30-14-9-25(19-41-4)18-29(30)36)21-34(2,3)20-42-31(46)26-10-12-27(13-11-26)44-32(43-23-40)49-22-35(37,38)39/h9-14,18,23-24,28H,4-8,15-17,19-22H2,1-3H3,(H,42,46)(H2,40,43,44). The van der Waals surface area contributed by atoms with E-state index in [2.05, 4.69) is 38.7 Å². The third-order valence-corrected chi connectivity index (χ3v) is 8.08. The number of aliphatic imine (C=N–C) groups is 3. The molecule has 0 aromatic heterocycles. The normalized spacial score (nSPS) is 16.9. The Balaban J connectivity index is 1.61. The minimum atomic E-state index is -4.58. The van der Waals surface area contributed by atoms with Gasteiger partial charge in [-0.25, -0.2) is 4.79 Å². The van der Waals surface area contributed by atoms with E-state index < -0.39 is 30.3 Å². The van der Waals surface area contributed by atoms with Crippen LogP contribution in [0.3, 0.4) is 0 Å². The average Bonchev–Trinajstić information content (AvgIpc) is 3.05. The number of nitrogens with zero attached hydrogens (tertiary/aromatic N) is 4. The van der Waals surface area contributed by atoms with Crippen LogP contribution in [0.4, 0.5) is 23.7 Å². The van der Waals surface area contributed by atoms with Gasteiger partial charge >= 0.3 is 18.3 Å². The number of rotatable bonds is 15. The van der Waals surface area contributed by atoms with Gasteiger partial charge in [0.05, 0.1) is 30.2 Å². The lowest BCUT2D eigenvalue weighted by atomic mass is 9.89. The summed E-state index contributed by atoms with van der Waals surface area (Å²) < 4.78 is 54.0. The van der Waals surface area contributed by atoms with Crippen LogP contribution in [-0.2, 0) is 16.0 Å². The maximum Gasteiger partial charge on any atom is 0.422 e. The van der Waals surface area contributed by atoms with E-state index in [1.165, 1.54) is 24.3 Å². The minimum Gasteiger partial charge on any atom is -0.492 e. The SMILES string of the molecule is C=NCc1ccc(OCCCN(CC(C)(C)CNC(=O)c2ccc(N=C(/N=C/N)OCC(F)(F)F)cc2)C(=O)OC2CCCC(C)C2)c(Cl)c1. The molecule has 1 saturated carbocycles. The summed E-state index contributed by atoms with van der Waals surface area (Å²) in [6.45, 7) is 9.60. The van der Waals surface area contributed by atoms with Gasteiger partial charge in [-0.2, -0.15) is 23.2 Å². The fourth-order valence-corrected chi connectivity index (χ4v) is 5.62. The molecule has 50 heavy (non-hydrogen) atoms. The average molecular weight is 723 g/mol. The first-order chi connectivity index (χ1) is 23.7. The van der Waals surface area contributed by atoms with Crippen molar-refractivity contribution in [1.82, 2.24) is 10.2 Å². The first-order valence-corrected chi connectivity index (χ1v) is 16.8. The number of ether oxygens (including phenoxy) is 3. The van der Waals surface area contributed by atoms with E-state index in [4.69, 9.17) is 26.8 Å². The number of amidine groups is 1. The van der Waals surface area contributed by atoms with E-state index in [1.807, 2.05) is 19.9 Å². The third kappa shape index (κ3) is 14.3. The Hall–Kier alpha value is -4.33. The number of nitrogens with one attached hydrogen (secondary N) is 1. The number of alkyl halides is 3. The molecule has 1 fully saturated rings. The molecule has 3 rings (SSSR count). The number of nitrogens with two attached hydrogens (primary N) is 1. The van der Waals surface area contributed by atoms with Crippen molar-refractivity contribution in [3.63, 3.8) is 0 Å². The molecule has 2 amide bonds. The van der Waals surface area contributed by atoms with E-state index in [1.54, 1.807) is 17.0 Å². The zero-order valence-electron chi connectivity index (χ0n) is 28.7. The van der Waals surface area contributed by atoms with Crippen molar-refractivity contribution in [1.29, 1.82) is 0 Å². The molecule has 0 aliphatic heterocycles. The Kier molecular flexibility index (Phi) is 15.4. The molecule has 2 atom stereocenters. The van der Waals surface area contributed by atoms with Crippen LogP contribution >= 0.6 is 11.6 Å². The zero-order valence-corrected chi connectivity index (χ0v) is 29.4. The smallest absolute Gasteiger partial charge is 0.422 e. The van der Waals surface area contributed by atoms with Gasteiger partial charge in [-0.3, -0.25) is 9.79 Å². The summed E-state index contributed by atoms with van der Waals surface area (Å²) in [4.78, 5) is 39.4. The van der Waals surface area contributed by atoms with Crippen LogP contribution in [-0.4, -0.2) is 81.1 Å². The molecule has 0 spiro atoms. The summed E-state index contributed by atoms with van der Waals surface area (Å²) in [5.41, 5.74) is 6.06. The highest BCUT2D eigenvalue weighted by Crippen LogP contribution is 2.28. The van der Waals surface area contributed by atoms with Crippen LogP contribution in [0.2, 0.25) is 5.02 Å². The maximum atomic E-state index is 13.5. The predicted octanol–water partition coefficient (Wildman–Crippen LogP) is 7.34. The molecule has 11 nitrogen and oxygen atoms in total. The van der Waals surface area contributed by atoms with Crippen molar-refractivity contribution >= 4 is 48.4 Å². The first kappa shape index (κ1) is 40.1. The maximum absolute atomic E-state index is 13.5. The summed E-state index contributed by atoms with van der Waals surface area (Å²) in [6.07, 6.45) is -0.0677. The van der Waals surface area contributed by atoms with E-state index in [0.717, 1.165) is 37.6 Å². The summed E-state index contributed by atoms with van der Waals surface area (Å²) in [7, 11) is 0.